The zero-order chi connectivity index (χ0) is 15.1. The second-order valence-electron chi connectivity index (χ2n) is 5.26. The molecule has 0 saturated carbocycles. The van der Waals surface area contributed by atoms with Gasteiger partial charge in [0.05, 0.1) is 0 Å². The molecular formula is C13H22O4S2. The Balaban J connectivity index is 4.34. The van der Waals surface area contributed by atoms with Crippen LogP contribution in [0, 0.1) is 5.92 Å². The van der Waals surface area contributed by atoms with Crippen LogP contribution in [-0.4, -0.2) is 33.3 Å². The lowest BCUT2D eigenvalue weighted by molar-refractivity contribution is -0.155. The summed E-state index contributed by atoms with van der Waals surface area (Å²) in [5.41, 5.74) is -0.511. The molecule has 0 rings (SSSR count). The van der Waals surface area contributed by atoms with Crippen LogP contribution < -0.4 is 0 Å². The average molecular weight is 306 g/mol. The lowest BCUT2D eigenvalue weighted by atomic mass is 10.1. The summed E-state index contributed by atoms with van der Waals surface area (Å²) >= 11 is 2.36. The minimum atomic E-state index is -0.511. The minimum absolute atomic E-state index is 0.0158. The monoisotopic (exact) mass is 306 g/mol. The molecule has 19 heavy (non-hydrogen) atoms. The number of ether oxygens (including phenoxy) is 1. The SMILES string of the molecule is CC(=O)SCC(CSC(C)=O)CC(=O)OC(C)(C)C. The van der Waals surface area contributed by atoms with Gasteiger partial charge in [-0.05, 0) is 26.7 Å². The van der Waals surface area contributed by atoms with E-state index in [2.05, 4.69) is 0 Å². The highest BCUT2D eigenvalue weighted by Crippen LogP contribution is 2.21. The van der Waals surface area contributed by atoms with Crippen LogP contribution in [0.25, 0.3) is 0 Å². The van der Waals surface area contributed by atoms with Crippen LogP contribution in [-0.2, 0) is 19.1 Å². The van der Waals surface area contributed by atoms with Gasteiger partial charge in [0.25, 0.3) is 0 Å². The van der Waals surface area contributed by atoms with Gasteiger partial charge in [-0.1, -0.05) is 23.5 Å². The van der Waals surface area contributed by atoms with Gasteiger partial charge in [-0.2, -0.15) is 0 Å². The molecule has 4 nitrogen and oxygen atoms in total. The third-order valence-corrected chi connectivity index (χ3v) is 4.01. The molecule has 0 heterocycles. The quantitative estimate of drug-likeness (QED) is 0.703. The molecule has 0 aromatic carbocycles. The summed E-state index contributed by atoms with van der Waals surface area (Å²) in [5, 5.41) is 0.0315. The fourth-order valence-electron chi connectivity index (χ4n) is 1.26. The van der Waals surface area contributed by atoms with E-state index in [4.69, 9.17) is 4.74 Å². The van der Waals surface area contributed by atoms with Crippen molar-refractivity contribution in [2.45, 2.75) is 46.6 Å². The molecule has 0 spiro atoms. The van der Waals surface area contributed by atoms with Crippen molar-refractivity contribution >= 4 is 39.7 Å². The van der Waals surface area contributed by atoms with Crippen molar-refractivity contribution in [2.75, 3.05) is 11.5 Å². The molecule has 0 aliphatic carbocycles. The first kappa shape index (κ1) is 18.5. The Morgan fingerprint density at radius 2 is 1.42 bits per heavy atom. The Morgan fingerprint density at radius 1 is 1.00 bits per heavy atom. The van der Waals surface area contributed by atoms with Crippen LogP contribution in [0.2, 0.25) is 0 Å². The Bertz CT molecular complexity index is 316. The predicted octanol–water partition coefficient (Wildman–Crippen LogP) is 2.89. The highest BCUT2D eigenvalue weighted by atomic mass is 32.2. The highest BCUT2D eigenvalue weighted by molar-refractivity contribution is 8.14. The molecule has 0 amide bonds. The molecule has 0 radical (unpaired) electrons. The van der Waals surface area contributed by atoms with Crippen molar-refractivity contribution in [1.82, 2.24) is 0 Å². The molecule has 0 atom stereocenters. The molecule has 110 valence electrons. The van der Waals surface area contributed by atoms with Crippen LogP contribution in [0.1, 0.15) is 41.0 Å². The van der Waals surface area contributed by atoms with Gasteiger partial charge in [-0.15, -0.1) is 0 Å². The van der Waals surface area contributed by atoms with Gasteiger partial charge in [0.1, 0.15) is 5.60 Å². The van der Waals surface area contributed by atoms with E-state index in [1.54, 1.807) is 0 Å². The average Bonchev–Trinajstić information content (AvgIpc) is 2.18. The van der Waals surface area contributed by atoms with E-state index in [-0.39, 0.29) is 28.5 Å². The summed E-state index contributed by atoms with van der Waals surface area (Å²) in [4.78, 5) is 33.7. The van der Waals surface area contributed by atoms with Gasteiger partial charge < -0.3 is 4.74 Å². The van der Waals surface area contributed by atoms with E-state index >= 15 is 0 Å². The zero-order valence-electron chi connectivity index (χ0n) is 12.1. The first-order valence-electron chi connectivity index (χ1n) is 6.08. The second-order valence-corrected chi connectivity index (χ2v) is 7.66. The first-order valence-corrected chi connectivity index (χ1v) is 8.06. The van der Waals surface area contributed by atoms with E-state index < -0.39 is 5.60 Å². The van der Waals surface area contributed by atoms with Gasteiger partial charge in [-0.25, -0.2) is 0 Å². The van der Waals surface area contributed by atoms with Gasteiger partial charge >= 0.3 is 5.97 Å². The largest absolute Gasteiger partial charge is 0.460 e. The lowest BCUT2D eigenvalue weighted by Crippen LogP contribution is -2.26. The molecule has 0 fully saturated rings. The van der Waals surface area contributed by atoms with Gasteiger partial charge in [0.15, 0.2) is 10.2 Å². The van der Waals surface area contributed by atoms with Crippen molar-refractivity contribution < 1.29 is 19.1 Å². The first-order chi connectivity index (χ1) is 8.60. The summed E-state index contributed by atoms with van der Waals surface area (Å²) in [6.45, 7) is 8.43. The maximum Gasteiger partial charge on any atom is 0.306 e. The molecule has 0 aliphatic heterocycles. The van der Waals surface area contributed by atoms with Gasteiger partial charge in [-0.3, -0.25) is 14.4 Å². The summed E-state index contributed by atoms with van der Waals surface area (Å²) < 4.78 is 5.25. The third-order valence-electron chi connectivity index (χ3n) is 1.92. The van der Waals surface area contributed by atoms with E-state index in [0.717, 1.165) is 0 Å². The topological polar surface area (TPSA) is 60.4 Å². The number of carbonyl (C=O) groups excluding carboxylic acids is 3. The van der Waals surface area contributed by atoms with Crippen molar-refractivity contribution in [3.8, 4) is 0 Å². The van der Waals surface area contributed by atoms with Crippen molar-refractivity contribution in [1.29, 1.82) is 0 Å². The van der Waals surface area contributed by atoms with E-state index in [9.17, 15) is 14.4 Å². The minimum Gasteiger partial charge on any atom is -0.460 e. The van der Waals surface area contributed by atoms with Crippen LogP contribution >= 0.6 is 23.5 Å². The van der Waals surface area contributed by atoms with Crippen LogP contribution in [0.15, 0.2) is 0 Å². The van der Waals surface area contributed by atoms with Crippen LogP contribution in [0.4, 0.5) is 0 Å². The smallest absolute Gasteiger partial charge is 0.306 e. The number of hydrogen-bond acceptors (Lipinski definition) is 6. The van der Waals surface area contributed by atoms with Gasteiger partial charge in [0, 0.05) is 31.8 Å². The lowest BCUT2D eigenvalue weighted by Gasteiger charge is -2.21. The number of thioether (sulfide) groups is 2. The van der Waals surface area contributed by atoms with Gasteiger partial charge in [0.2, 0.25) is 0 Å². The summed E-state index contributed by atoms with van der Waals surface area (Å²) in [5.74, 6) is 0.757. The Hall–Kier alpha value is -0.490. The van der Waals surface area contributed by atoms with Crippen molar-refractivity contribution in [3.63, 3.8) is 0 Å². The fraction of sp³-hybridized carbons (Fsp3) is 0.769. The highest BCUT2D eigenvalue weighted by Gasteiger charge is 2.21. The number of carbonyl (C=O) groups is 3. The maximum absolute atomic E-state index is 11.7. The van der Waals surface area contributed by atoms with Crippen molar-refractivity contribution in [3.05, 3.63) is 0 Å². The molecule has 0 aromatic rings. The Kier molecular flexibility index (Phi) is 8.41. The summed E-state index contributed by atoms with van der Waals surface area (Å²) in [6, 6.07) is 0. The summed E-state index contributed by atoms with van der Waals surface area (Å²) in [7, 11) is 0. The summed E-state index contributed by atoms with van der Waals surface area (Å²) in [6.07, 6.45) is 0.234. The number of hydrogen-bond donors (Lipinski definition) is 0. The number of esters is 1. The fourth-order valence-corrected chi connectivity index (χ4v) is 2.82. The van der Waals surface area contributed by atoms with E-state index in [1.807, 2.05) is 20.8 Å². The molecule has 0 bridgehead atoms. The Morgan fingerprint density at radius 3 is 1.74 bits per heavy atom. The molecule has 0 unspecified atom stereocenters. The Labute approximate surface area is 123 Å². The normalized spacial score (nSPS) is 11.5. The standard InChI is InChI=1S/C13H22O4S2/c1-9(14)18-7-11(8-19-10(2)15)6-12(16)17-13(3,4)5/h11H,6-8H2,1-5H3. The molecule has 0 saturated heterocycles. The predicted molar refractivity (Wildman–Crippen MR) is 80.2 cm³/mol. The van der Waals surface area contributed by atoms with E-state index in [0.29, 0.717) is 11.5 Å². The van der Waals surface area contributed by atoms with E-state index in [1.165, 1.54) is 37.4 Å². The molecule has 6 heteroatoms. The molecular weight excluding hydrogens is 284 g/mol. The third kappa shape index (κ3) is 12.3. The van der Waals surface area contributed by atoms with Crippen LogP contribution in [0.5, 0.6) is 0 Å². The molecule has 0 N–H and O–H groups in total. The number of rotatable bonds is 6. The maximum atomic E-state index is 11.7. The molecule has 0 aliphatic rings. The van der Waals surface area contributed by atoms with Crippen molar-refractivity contribution in [2.24, 2.45) is 5.92 Å². The zero-order valence-corrected chi connectivity index (χ0v) is 13.8. The van der Waals surface area contributed by atoms with Crippen LogP contribution in [0.3, 0.4) is 0 Å². The molecule has 0 aromatic heterocycles. The second kappa shape index (κ2) is 8.64.